The number of ether oxygens (including phenoxy) is 1. The minimum Gasteiger partial charge on any atom is -0.389 e. The fourth-order valence-corrected chi connectivity index (χ4v) is 2.12. The van der Waals surface area contributed by atoms with Crippen LogP contribution in [0.4, 0.5) is 19.3 Å². The summed E-state index contributed by atoms with van der Waals surface area (Å²) in [5, 5.41) is 14.6. The van der Waals surface area contributed by atoms with Crippen molar-refractivity contribution in [1.29, 1.82) is 0 Å². The molecule has 0 saturated heterocycles. The number of rotatable bonds is 6. The molecule has 0 fully saturated rings. The first kappa shape index (κ1) is 17.8. The normalized spacial score (nSPS) is 11.8. The standard InChI is InChI=1S/C17H18F2N2O3/c1-24-10-14(22)9-20-17(23)21-16-7-6-13(19)8-15(16)11-2-4-12(18)5-3-11/h2-8,14,22H,9-10H2,1H3,(H2,20,21,23). The van der Waals surface area contributed by atoms with Crippen LogP contribution in [0.25, 0.3) is 11.1 Å². The molecule has 0 aliphatic carbocycles. The molecule has 128 valence electrons. The summed E-state index contributed by atoms with van der Waals surface area (Å²) >= 11 is 0. The SMILES string of the molecule is COCC(O)CNC(=O)Nc1ccc(F)cc1-c1ccc(F)cc1. The van der Waals surface area contributed by atoms with Crippen molar-refractivity contribution in [3.8, 4) is 11.1 Å². The van der Waals surface area contributed by atoms with Gasteiger partial charge in [-0.1, -0.05) is 12.1 Å². The maximum Gasteiger partial charge on any atom is 0.319 e. The van der Waals surface area contributed by atoms with Gasteiger partial charge in [0.15, 0.2) is 0 Å². The molecule has 3 N–H and O–H groups in total. The van der Waals surface area contributed by atoms with E-state index in [1.165, 1.54) is 49.6 Å². The smallest absolute Gasteiger partial charge is 0.319 e. The Kier molecular flexibility index (Phi) is 6.22. The van der Waals surface area contributed by atoms with E-state index in [-0.39, 0.29) is 13.2 Å². The van der Waals surface area contributed by atoms with Crippen molar-refractivity contribution in [2.75, 3.05) is 25.6 Å². The first-order valence-electron chi connectivity index (χ1n) is 7.27. The number of hydrogen-bond acceptors (Lipinski definition) is 3. The molecule has 2 rings (SSSR count). The van der Waals surface area contributed by atoms with Crippen molar-refractivity contribution >= 4 is 11.7 Å². The van der Waals surface area contributed by atoms with Crippen LogP contribution in [-0.4, -0.2) is 37.5 Å². The van der Waals surface area contributed by atoms with Crippen molar-refractivity contribution in [3.63, 3.8) is 0 Å². The number of amides is 2. The van der Waals surface area contributed by atoms with Gasteiger partial charge in [0.1, 0.15) is 11.6 Å². The van der Waals surface area contributed by atoms with Crippen LogP contribution in [0.2, 0.25) is 0 Å². The number of anilines is 1. The van der Waals surface area contributed by atoms with Gasteiger partial charge >= 0.3 is 6.03 Å². The van der Waals surface area contributed by atoms with Gasteiger partial charge < -0.3 is 20.5 Å². The largest absolute Gasteiger partial charge is 0.389 e. The van der Waals surface area contributed by atoms with Crippen molar-refractivity contribution in [1.82, 2.24) is 5.32 Å². The van der Waals surface area contributed by atoms with Crippen LogP contribution in [-0.2, 0) is 4.74 Å². The summed E-state index contributed by atoms with van der Waals surface area (Å²) < 4.78 is 31.3. The third kappa shape index (κ3) is 5.00. The first-order chi connectivity index (χ1) is 11.5. The molecule has 0 bridgehead atoms. The predicted octanol–water partition coefficient (Wildman–Crippen LogP) is 2.76. The maximum atomic E-state index is 13.5. The number of urea groups is 1. The van der Waals surface area contributed by atoms with E-state index < -0.39 is 23.8 Å². The summed E-state index contributed by atoms with van der Waals surface area (Å²) in [4.78, 5) is 11.9. The molecule has 7 heteroatoms. The van der Waals surface area contributed by atoms with Gasteiger partial charge in [0.05, 0.1) is 18.4 Å². The monoisotopic (exact) mass is 336 g/mol. The molecule has 0 aromatic heterocycles. The number of carbonyl (C=O) groups is 1. The number of methoxy groups -OCH3 is 1. The van der Waals surface area contributed by atoms with E-state index in [0.29, 0.717) is 16.8 Å². The highest BCUT2D eigenvalue weighted by Gasteiger charge is 2.11. The van der Waals surface area contributed by atoms with Gasteiger partial charge in [-0.05, 0) is 35.9 Å². The second kappa shape index (κ2) is 8.37. The zero-order valence-electron chi connectivity index (χ0n) is 13.1. The third-order valence-electron chi connectivity index (χ3n) is 3.24. The Morgan fingerprint density at radius 1 is 1.17 bits per heavy atom. The zero-order chi connectivity index (χ0) is 17.5. The molecular weight excluding hydrogens is 318 g/mol. The lowest BCUT2D eigenvalue weighted by Gasteiger charge is -2.14. The van der Waals surface area contributed by atoms with Gasteiger partial charge in [-0.2, -0.15) is 0 Å². The molecule has 0 saturated carbocycles. The highest BCUT2D eigenvalue weighted by atomic mass is 19.1. The second-order valence-corrected chi connectivity index (χ2v) is 5.14. The molecule has 2 amide bonds. The van der Waals surface area contributed by atoms with Crippen LogP contribution < -0.4 is 10.6 Å². The predicted molar refractivity (Wildman–Crippen MR) is 86.7 cm³/mol. The van der Waals surface area contributed by atoms with Gasteiger partial charge in [0.25, 0.3) is 0 Å². The van der Waals surface area contributed by atoms with E-state index in [1.54, 1.807) is 0 Å². The van der Waals surface area contributed by atoms with Crippen LogP contribution in [0, 0.1) is 11.6 Å². The van der Waals surface area contributed by atoms with E-state index in [0.717, 1.165) is 0 Å². The van der Waals surface area contributed by atoms with Crippen LogP contribution in [0.5, 0.6) is 0 Å². The molecule has 0 aliphatic rings. The van der Waals surface area contributed by atoms with Crippen LogP contribution in [0.1, 0.15) is 0 Å². The quantitative estimate of drug-likeness (QED) is 0.760. The van der Waals surface area contributed by atoms with Gasteiger partial charge in [-0.25, -0.2) is 13.6 Å². The van der Waals surface area contributed by atoms with E-state index in [4.69, 9.17) is 4.74 Å². The maximum absolute atomic E-state index is 13.5. The Morgan fingerprint density at radius 2 is 1.83 bits per heavy atom. The van der Waals surface area contributed by atoms with Gasteiger partial charge in [-0.3, -0.25) is 0 Å². The number of nitrogens with one attached hydrogen (secondary N) is 2. The number of benzene rings is 2. The summed E-state index contributed by atoms with van der Waals surface area (Å²) in [5.41, 5.74) is 1.34. The average molecular weight is 336 g/mol. The molecule has 0 heterocycles. The topological polar surface area (TPSA) is 70.6 Å². The Labute approximate surface area is 138 Å². The molecule has 0 radical (unpaired) electrons. The fraction of sp³-hybridized carbons (Fsp3) is 0.235. The molecule has 1 unspecified atom stereocenters. The van der Waals surface area contributed by atoms with Crippen molar-refractivity contribution in [3.05, 3.63) is 54.1 Å². The summed E-state index contributed by atoms with van der Waals surface area (Å²) in [6.45, 7) is 0.102. The van der Waals surface area contributed by atoms with Gasteiger partial charge in [0.2, 0.25) is 0 Å². The third-order valence-corrected chi connectivity index (χ3v) is 3.24. The molecule has 2 aromatic carbocycles. The van der Waals surface area contributed by atoms with Crippen molar-refractivity contribution in [2.24, 2.45) is 0 Å². The lowest BCUT2D eigenvalue weighted by atomic mass is 10.0. The number of carbonyl (C=O) groups excluding carboxylic acids is 1. The van der Waals surface area contributed by atoms with Gasteiger partial charge in [-0.15, -0.1) is 0 Å². The second-order valence-electron chi connectivity index (χ2n) is 5.14. The van der Waals surface area contributed by atoms with Crippen molar-refractivity contribution in [2.45, 2.75) is 6.10 Å². The van der Waals surface area contributed by atoms with Crippen LogP contribution in [0.3, 0.4) is 0 Å². The van der Waals surface area contributed by atoms with E-state index in [1.807, 2.05) is 0 Å². The first-order valence-corrected chi connectivity index (χ1v) is 7.27. The number of hydrogen-bond donors (Lipinski definition) is 3. The molecule has 2 aromatic rings. The molecule has 0 aliphatic heterocycles. The Morgan fingerprint density at radius 3 is 2.50 bits per heavy atom. The minimum atomic E-state index is -0.828. The van der Waals surface area contributed by atoms with Gasteiger partial charge in [0, 0.05) is 19.2 Å². The van der Waals surface area contributed by atoms with E-state index in [9.17, 15) is 18.7 Å². The Bertz CT molecular complexity index is 693. The molecule has 5 nitrogen and oxygen atoms in total. The lowest BCUT2D eigenvalue weighted by molar-refractivity contribution is 0.0663. The number of aliphatic hydroxyl groups is 1. The summed E-state index contributed by atoms with van der Waals surface area (Å²) in [6, 6.07) is 8.83. The number of halogens is 2. The van der Waals surface area contributed by atoms with Crippen molar-refractivity contribution < 1.29 is 23.4 Å². The highest BCUT2D eigenvalue weighted by molar-refractivity contribution is 5.94. The van der Waals surface area contributed by atoms with Crippen LogP contribution >= 0.6 is 0 Å². The molecule has 24 heavy (non-hydrogen) atoms. The minimum absolute atomic E-state index is 0.00670. The Balaban J connectivity index is 2.12. The Hall–Kier alpha value is -2.51. The average Bonchev–Trinajstić information content (AvgIpc) is 2.56. The summed E-state index contributed by atoms with van der Waals surface area (Å²) in [6.07, 6.45) is -0.828. The number of aliphatic hydroxyl groups excluding tert-OH is 1. The highest BCUT2D eigenvalue weighted by Crippen LogP contribution is 2.29. The fourth-order valence-electron chi connectivity index (χ4n) is 2.12. The van der Waals surface area contributed by atoms with Crippen LogP contribution in [0.15, 0.2) is 42.5 Å². The van der Waals surface area contributed by atoms with E-state index in [2.05, 4.69) is 10.6 Å². The summed E-state index contributed by atoms with van der Waals surface area (Å²) in [7, 11) is 1.44. The molecule has 0 spiro atoms. The molecule has 1 atom stereocenters. The molecular formula is C17H18F2N2O3. The van der Waals surface area contributed by atoms with E-state index >= 15 is 0 Å². The summed E-state index contributed by atoms with van der Waals surface area (Å²) in [5.74, 6) is -0.884. The lowest BCUT2D eigenvalue weighted by Crippen LogP contribution is -2.37. The zero-order valence-corrected chi connectivity index (χ0v) is 13.1.